The number of imidazole rings is 1. The predicted octanol–water partition coefficient (Wildman–Crippen LogP) is 3.43. The zero-order valence-corrected chi connectivity index (χ0v) is 16.5. The summed E-state index contributed by atoms with van der Waals surface area (Å²) in [5.41, 5.74) is 4.17. The molecule has 0 atom stereocenters. The fourth-order valence-corrected chi connectivity index (χ4v) is 4.27. The van der Waals surface area contributed by atoms with E-state index in [0.29, 0.717) is 11.5 Å². The van der Waals surface area contributed by atoms with Gasteiger partial charge in [-0.15, -0.1) is 0 Å². The van der Waals surface area contributed by atoms with Crippen molar-refractivity contribution in [3.8, 4) is 10.6 Å². The Bertz CT molecular complexity index is 1210. The highest BCUT2D eigenvalue weighted by atomic mass is 32.1. The lowest BCUT2D eigenvalue weighted by atomic mass is 10.1. The molecule has 1 amide bonds. The zero-order valence-electron chi connectivity index (χ0n) is 15.7. The van der Waals surface area contributed by atoms with Crippen molar-refractivity contribution in [2.24, 2.45) is 13.0 Å². The zero-order chi connectivity index (χ0) is 19.3. The summed E-state index contributed by atoms with van der Waals surface area (Å²) in [6, 6.07) is 7.63. The number of nitrogens with one attached hydrogen (secondary N) is 2. The lowest BCUT2D eigenvalue weighted by Gasteiger charge is -2.05. The molecule has 3 heterocycles. The summed E-state index contributed by atoms with van der Waals surface area (Å²) in [5.74, 6) is 1.37. The van der Waals surface area contributed by atoms with E-state index in [0.717, 1.165) is 44.3 Å². The molecular formula is C20H20N6OS. The molecule has 2 N–H and O–H groups in total. The number of thiazole rings is 1. The van der Waals surface area contributed by atoms with E-state index >= 15 is 0 Å². The van der Waals surface area contributed by atoms with Crippen LogP contribution in [-0.2, 0) is 7.05 Å². The lowest BCUT2D eigenvalue weighted by Crippen LogP contribution is -2.25. The summed E-state index contributed by atoms with van der Waals surface area (Å²) in [6.07, 6.45) is 4.21. The Labute approximate surface area is 165 Å². The first-order valence-corrected chi connectivity index (χ1v) is 10.1. The smallest absolute Gasteiger partial charge is 0.251 e. The molecule has 1 aliphatic rings. The maximum atomic E-state index is 12.4. The molecule has 3 aromatic heterocycles. The van der Waals surface area contributed by atoms with Gasteiger partial charge >= 0.3 is 0 Å². The monoisotopic (exact) mass is 392 g/mol. The summed E-state index contributed by atoms with van der Waals surface area (Å²) in [5, 5.41) is 6.98. The predicted molar refractivity (Wildman–Crippen MR) is 112 cm³/mol. The van der Waals surface area contributed by atoms with Gasteiger partial charge in [-0.25, -0.2) is 15.0 Å². The van der Waals surface area contributed by atoms with E-state index in [4.69, 9.17) is 4.98 Å². The lowest BCUT2D eigenvalue weighted by molar-refractivity contribution is 0.0952. The topological polar surface area (TPSA) is 84.7 Å². The van der Waals surface area contributed by atoms with Crippen molar-refractivity contribution < 1.29 is 4.79 Å². The van der Waals surface area contributed by atoms with Crippen molar-refractivity contribution in [3.05, 3.63) is 36.2 Å². The summed E-state index contributed by atoms with van der Waals surface area (Å²) in [7, 11) is 3.80. The number of hydrogen-bond donors (Lipinski definition) is 2. The second kappa shape index (κ2) is 6.56. The molecule has 0 spiro atoms. The number of pyridine rings is 1. The molecular weight excluding hydrogens is 372 g/mol. The minimum absolute atomic E-state index is 0.0283. The molecule has 0 unspecified atom stereocenters. The fraction of sp³-hybridized carbons (Fsp3) is 0.300. The molecule has 4 aromatic rings. The van der Waals surface area contributed by atoms with Crippen molar-refractivity contribution in [3.63, 3.8) is 0 Å². The molecule has 0 aliphatic heterocycles. The van der Waals surface area contributed by atoms with Crippen LogP contribution in [0.3, 0.4) is 0 Å². The van der Waals surface area contributed by atoms with E-state index in [1.54, 1.807) is 6.33 Å². The van der Waals surface area contributed by atoms with E-state index in [1.165, 1.54) is 24.2 Å². The molecule has 0 bridgehead atoms. The van der Waals surface area contributed by atoms with Gasteiger partial charge in [-0.2, -0.15) is 0 Å². The molecule has 8 heteroatoms. The van der Waals surface area contributed by atoms with Gasteiger partial charge in [0.15, 0.2) is 5.82 Å². The van der Waals surface area contributed by atoms with Crippen molar-refractivity contribution in [1.82, 2.24) is 24.8 Å². The van der Waals surface area contributed by atoms with Crippen LogP contribution in [0, 0.1) is 5.92 Å². The number of anilines is 1. The number of aromatic nitrogens is 4. The molecule has 1 aromatic carbocycles. The number of carbonyl (C=O) groups excluding carboxylic acids is 1. The van der Waals surface area contributed by atoms with E-state index < -0.39 is 0 Å². The first-order chi connectivity index (χ1) is 13.6. The highest BCUT2D eigenvalue weighted by Gasteiger charge is 2.22. The third-order valence-electron chi connectivity index (χ3n) is 5.07. The van der Waals surface area contributed by atoms with Gasteiger partial charge in [0.05, 0.1) is 6.33 Å². The highest BCUT2D eigenvalue weighted by molar-refractivity contribution is 7.21. The van der Waals surface area contributed by atoms with Gasteiger partial charge in [-0.1, -0.05) is 23.5 Å². The van der Waals surface area contributed by atoms with Crippen LogP contribution in [0.1, 0.15) is 23.2 Å². The van der Waals surface area contributed by atoms with E-state index in [9.17, 15) is 4.79 Å². The van der Waals surface area contributed by atoms with Crippen molar-refractivity contribution >= 4 is 44.4 Å². The Morgan fingerprint density at radius 2 is 2.14 bits per heavy atom. The van der Waals surface area contributed by atoms with Gasteiger partial charge in [0, 0.05) is 31.8 Å². The number of fused-ring (bicyclic) bond motifs is 3. The van der Waals surface area contributed by atoms with Crippen LogP contribution in [0.25, 0.3) is 32.0 Å². The van der Waals surface area contributed by atoms with Crippen LogP contribution in [-0.4, -0.2) is 39.0 Å². The van der Waals surface area contributed by atoms with E-state index in [1.807, 2.05) is 42.9 Å². The maximum Gasteiger partial charge on any atom is 0.251 e. The largest absolute Gasteiger partial charge is 0.371 e. The molecule has 28 heavy (non-hydrogen) atoms. The Kier molecular flexibility index (Phi) is 4.01. The highest BCUT2D eigenvalue weighted by Crippen LogP contribution is 2.35. The Balaban J connectivity index is 1.56. The number of aryl methyl sites for hydroxylation is 1. The van der Waals surface area contributed by atoms with Gasteiger partial charge < -0.3 is 15.2 Å². The number of amides is 1. The normalized spacial score (nSPS) is 13.9. The average molecular weight is 392 g/mol. The van der Waals surface area contributed by atoms with Gasteiger partial charge in [0.2, 0.25) is 0 Å². The van der Waals surface area contributed by atoms with Gasteiger partial charge in [0.25, 0.3) is 5.91 Å². The molecule has 0 saturated heterocycles. The Morgan fingerprint density at radius 3 is 2.93 bits per heavy atom. The Morgan fingerprint density at radius 1 is 1.29 bits per heavy atom. The third-order valence-corrected chi connectivity index (χ3v) is 6.06. The average Bonchev–Trinajstić information content (AvgIpc) is 3.33. The SMILES string of the molecule is CNc1nc2sc(-c3cccc(C(=O)NCC4CC4)c3)nc2c2c1ncn2C. The van der Waals surface area contributed by atoms with Crippen molar-refractivity contribution in [1.29, 1.82) is 0 Å². The van der Waals surface area contributed by atoms with Crippen molar-refractivity contribution in [2.45, 2.75) is 12.8 Å². The summed E-state index contributed by atoms with van der Waals surface area (Å²) in [4.78, 5) is 27.3. The number of hydrogen-bond acceptors (Lipinski definition) is 6. The summed E-state index contributed by atoms with van der Waals surface area (Å²) in [6.45, 7) is 0.763. The van der Waals surface area contributed by atoms with Crippen molar-refractivity contribution in [2.75, 3.05) is 18.9 Å². The summed E-state index contributed by atoms with van der Waals surface area (Å²) < 4.78 is 1.96. The van der Waals surface area contributed by atoms with Crippen LogP contribution < -0.4 is 10.6 Å². The van der Waals surface area contributed by atoms with Crippen LogP contribution in [0.5, 0.6) is 0 Å². The van der Waals surface area contributed by atoms with Crippen LogP contribution in [0.2, 0.25) is 0 Å². The van der Waals surface area contributed by atoms with Gasteiger partial charge in [-0.05, 0) is 30.9 Å². The van der Waals surface area contributed by atoms with Crippen LogP contribution in [0.15, 0.2) is 30.6 Å². The molecule has 0 radical (unpaired) electrons. The van der Waals surface area contributed by atoms with Gasteiger partial charge in [0.1, 0.15) is 26.4 Å². The Hall–Kier alpha value is -3.00. The molecule has 7 nitrogen and oxygen atoms in total. The molecule has 5 rings (SSSR count). The van der Waals surface area contributed by atoms with Crippen LogP contribution in [0.4, 0.5) is 5.82 Å². The molecule has 1 aliphatic carbocycles. The van der Waals surface area contributed by atoms with E-state index in [-0.39, 0.29) is 5.91 Å². The van der Waals surface area contributed by atoms with Crippen LogP contribution >= 0.6 is 11.3 Å². The molecule has 142 valence electrons. The second-order valence-corrected chi connectivity index (χ2v) is 8.15. The first kappa shape index (κ1) is 17.1. The summed E-state index contributed by atoms with van der Waals surface area (Å²) >= 11 is 1.52. The number of benzene rings is 1. The minimum Gasteiger partial charge on any atom is -0.371 e. The standard InChI is InChI=1S/C20H20N6OS/c1-21-17-14-16(26(2)10-23-14)15-20(25-17)28-19(24-15)13-5-3-4-12(8-13)18(27)22-9-11-6-7-11/h3-5,8,10-11H,6-7,9H2,1-2H3,(H,21,25)(H,22,27). The first-order valence-electron chi connectivity index (χ1n) is 9.32. The third kappa shape index (κ3) is 2.90. The van der Waals surface area contributed by atoms with Gasteiger partial charge in [-0.3, -0.25) is 4.79 Å². The molecule has 1 saturated carbocycles. The minimum atomic E-state index is -0.0283. The second-order valence-electron chi connectivity index (χ2n) is 7.17. The fourth-order valence-electron chi connectivity index (χ4n) is 3.33. The number of nitrogens with zero attached hydrogens (tertiary/aromatic N) is 4. The number of carbonyl (C=O) groups is 1. The molecule has 1 fully saturated rings. The quantitative estimate of drug-likeness (QED) is 0.544. The number of rotatable bonds is 5. The van der Waals surface area contributed by atoms with E-state index in [2.05, 4.69) is 20.6 Å². The maximum absolute atomic E-state index is 12.4.